The lowest BCUT2D eigenvalue weighted by atomic mass is 9.88. The molecule has 0 saturated carbocycles. The van der Waals surface area contributed by atoms with Gasteiger partial charge in [0.25, 0.3) is 0 Å². The summed E-state index contributed by atoms with van der Waals surface area (Å²) in [6.45, 7) is 3.94. The van der Waals surface area contributed by atoms with E-state index in [0.29, 0.717) is 12.8 Å². The first-order valence-corrected chi connectivity index (χ1v) is 8.13. The summed E-state index contributed by atoms with van der Waals surface area (Å²) in [5.74, 6) is 0.739. The van der Waals surface area contributed by atoms with E-state index in [1.165, 1.54) is 0 Å². The molecule has 3 rings (SSSR count). The average molecular weight is 320 g/mol. The molecular formula is C20H20N2O2. The smallest absolute Gasteiger partial charge is 0.228 e. The van der Waals surface area contributed by atoms with E-state index in [-0.39, 0.29) is 12.0 Å². The second-order valence-electron chi connectivity index (χ2n) is 6.23. The number of carbonyl (C=O) groups is 1. The number of hydrogen-bond acceptors (Lipinski definition) is 3. The Bertz CT molecular complexity index is 762. The fourth-order valence-electron chi connectivity index (χ4n) is 3.19. The van der Waals surface area contributed by atoms with Gasteiger partial charge in [-0.1, -0.05) is 30.3 Å². The predicted molar refractivity (Wildman–Crippen MR) is 92.7 cm³/mol. The molecule has 24 heavy (non-hydrogen) atoms. The van der Waals surface area contributed by atoms with E-state index < -0.39 is 5.54 Å². The van der Waals surface area contributed by atoms with Gasteiger partial charge in [-0.05, 0) is 50.1 Å². The summed E-state index contributed by atoms with van der Waals surface area (Å²) in [7, 11) is 0. The Balaban J connectivity index is 2.02. The van der Waals surface area contributed by atoms with Crippen LogP contribution in [0.15, 0.2) is 54.6 Å². The van der Waals surface area contributed by atoms with Gasteiger partial charge in [-0.2, -0.15) is 5.26 Å². The summed E-state index contributed by atoms with van der Waals surface area (Å²) in [5, 5.41) is 9.96. The number of amides is 1. The van der Waals surface area contributed by atoms with E-state index in [1.807, 2.05) is 68.4 Å². The Hall–Kier alpha value is -2.80. The van der Waals surface area contributed by atoms with Crippen molar-refractivity contribution in [1.29, 1.82) is 5.26 Å². The van der Waals surface area contributed by atoms with E-state index in [4.69, 9.17) is 4.74 Å². The normalized spacial score (nSPS) is 20.2. The quantitative estimate of drug-likeness (QED) is 0.855. The second kappa shape index (κ2) is 6.37. The van der Waals surface area contributed by atoms with Crippen LogP contribution < -0.4 is 9.64 Å². The van der Waals surface area contributed by atoms with Crippen LogP contribution in [-0.4, -0.2) is 12.0 Å². The number of nitrogens with zero attached hydrogens (tertiary/aromatic N) is 2. The van der Waals surface area contributed by atoms with Crippen LogP contribution in [0.3, 0.4) is 0 Å². The lowest BCUT2D eigenvalue weighted by Gasteiger charge is -2.33. The Morgan fingerprint density at radius 1 is 1.12 bits per heavy atom. The first-order chi connectivity index (χ1) is 11.6. The van der Waals surface area contributed by atoms with Gasteiger partial charge in [-0.3, -0.25) is 9.69 Å². The molecule has 1 amide bonds. The molecule has 0 aliphatic carbocycles. The van der Waals surface area contributed by atoms with Crippen molar-refractivity contribution in [2.24, 2.45) is 0 Å². The molecule has 2 aromatic carbocycles. The molecular weight excluding hydrogens is 300 g/mol. The van der Waals surface area contributed by atoms with Gasteiger partial charge in [0.15, 0.2) is 5.54 Å². The zero-order chi connectivity index (χ0) is 17.2. The molecule has 1 unspecified atom stereocenters. The zero-order valence-electron chi connectivity index (χ0n) is 13.9. The van der Waals surface area contributed by atoms with Gasteiger partial charge < -0.3 is 4.74 Å². The Morgan fingerprint density at radius 2 is 1.79 bits per heavy atom. The molecule has 0 radical (unpaired) electrons. The minimum absolute atomic E-state index is 0.0229. The second-order valence-corrected chi connectivity index (χ2v) is 6.23. The van der Waals surface area contributed by atoms with Crippen LogP contribution in [0.4, 0.5) is 5.69 Å². The molecule has 4 nitrogen and oxygen atoms in total. The van der Waals surface area contributed by atoms with Crippen molar-refractivity contribution in [3.05, 3.63) is 60.2 Å². The van der Waals surface area contributed by atoms with Crippen molar-refractivity contribution in [3.63, 3.8) is 0 Å². The van der Waals surface area contributed by atoms with Crippen LogP contribution in [0.1, 0.15) is 32.3 Å². The number of benzene rings is 2. The maximum absolute atomic E-state index is 12.5. The Morgan fingerprint density at radius 3 is 2.38 bits per heavy atom. The SMILES string of the molecule is CC(C)Oc1ccc(C2(C#N)CCC(=O)N2c2ccccc2)cc1. The van der Waals surface area contributed by atoms with E-state index in [1.54, 1.807) is 4.90 Å². The van der Waals surface area contributed by atoms with Crippen LogP contribution in [0, 0.1) is 11.3 Å². The number of rotatable bonds is 4. The topological polar surface area (TPSA) is 53.3 Å². The molecule has 0 N–H and O–H groups in total. The average Bonchev–Trinajstić information content (AvgIpc) is 2.93. The van der Waals surface area contributed by atoms with Gasteiger partial charge >= 0.3 is 0 Å². The van der Waals surface area contributed by atoms with Gasteiger partial charge in [-0.25, -0.2) is 0 Å². The van der Waals surface area contributed by atoms with Crippen LogP contribution in [-0.2, 0) is 10.3 Å². The van der Waals surface area contributed by atoms with E-state index in [0.717, 1.165) is 17.0 Å². The number of ether oxygens (including phenoxy) is 1. The van der Waals surface area contributed by atoms with Crippen molar-refractivity contribution in [1.82, 2.24) is 0 Å². The highest BCUT2D eigenvalue weighted by Gasteiger charge is 2.48. The summed E-state index contributed by atoms with van der Waals surface area (Å²) >= 11 is 0. The summed E-state index contributed by atoms with van der Waals surface area (Å²) < 4.78 is 5.67. The van der Waals surface area contributed by atoms with Gasteiger partial charge in [0, 0.05) is 12.1 Å². The molecule has 122 valence electrons. The van der Waals surface area contributed by atoms with Crippen LogP contribution >= 0.6 is 0 Å². The Kier molecular flexibility index (Phi) is 4.26. The molecule has 1 aliphatic rings. The summed E-state index contributed by atoms with van der Waals surface area (Å²) in [4.78, 5) is 14.1. The van der Waals surface area contributed by atoms with Gasteiger partial charge in [0.1, 0.15) is 5.75 Å². The largest absolute Gasteiger partial charge is 0.491 e. The molecule has 1 aliphatic heterocycles. The summed E-state index contributed by atoms with van der Waals surface area (Å²) in [6.07, 6.45) is 0.948. The Labute approximate surface area is 142 Å². The van der Waals surface area contributed by atoms with E-state index in [9.17, 15) is 10.1 Å². The van der Waals surface area contributed by atoms with E-state index >= 15 is 0 Å². The lowest BCUT2D eigenvalue weighted by Crippen LogP contribution is -2.42. The highest BCUT2D eigenvalue weighted by molar-refractivity contribution is 5.98. The third kappa shape index (κ3) is 2.74. The third-order valence-electron chi connectivity index (χ3n) is 4.23. The number of carbonyl (C=O) groups excluding carboxylic acids is 1. The molecule has 0 bridgehead atoms. The molecule has 1 heterocycles. The minimum Gasteiger partial charge on any atom is -0.491 e. The highest BCUT2D eigenvalue weighted by atomic mass is 16.5. The van der Waals surface area contributed by atoms with Crippen LogP contribution in [0.2, 0.25) is 0 Å². The van der Waals surface area contributed by atoms with Crippen LogP contribution in [0.5, 0.6) is 5.75 Å². The summed E-state index contributed by atoms with van der Waals surface area (Å²) in [5.41, 5.74) is 0.606. The number of anilines is 1. The first-order valence-electron chi connectivity index (χ1n) is 8.13. The van der Waals surface area contributed by atoms with Crippen molar-refractivity contribution < 1.29 is 9.53 Å². The molecule has 1 fully saturated rings. The fourth-order valence-corrected chi connectivity index (χ4v) is 3.19. The third-order valence-corrected chi connectivity index (χ3v) is 4.23. The first kappa shape index (κ1) is 16.1. The summed E-state index contributed by atoms with van der Waals surface area (Å²) in [6, 6.07) is 19.3. The highest BCUT2D eigenvalue weighted by Crippen LogP contribution is 2.42. The lowest BCUT2D eigenvalue weighted by molar-refractivity contribution is -0.117. The minimum atomic E-state index is -0.963. The van der Waals surface area contributed by atoms with Gasteiger partial charge in [-0.15, -0.1) is 0 Å². The van der Waals surface area contributed by atoms with Crippen molar-refractivity contribution in [2.45, 2.75) is 38.3 Å². The standard InChI is InChI=1S/C20H20N2O2/c1-15(2)24-18-10-8-16(9-11-18)20(14-21)13-12-19(23)22(20)17-6-4-3-5-7-17/h3-11,15H,12-13H2,1-2H3. The van der Waals surface area contributed by atoms with Crippen molar-refractivity contribution in [3.8, 4) is 11.8 Å². The van der Waals surface area contributed by atoms with Gasteiger partial charge in [0.2, 0.25) is 5.91 Å². The van der Waals surface area contributed by atoms with Crippen LogP contribution in [0.25, 0.3) is 0 Å². The number of hydrogen-bond donors (Lipinski definition) is 0. The molecule has 1 atom stereocenters. The zero-order valence-corrected chi connectivity index (χ0v) is 13.9. The van der Waals surface area contributed by atoms with Crippen molar-refractivity contribution in [2.75, 3.05) is 4.90 Å². The molecule has 1 saturated heterocycles. The number of nitriles is 1. The monoisotopic (exact) mass is 320 g/mol. The van der Waals surface area contributed by atoms with Gasteiger partial charge in [0.05, 0.1) is 12.2 Å². The molecule has 4 heteroatoms. The maximum atomic E-state index is 12.5. The van der Waals surface area contributed by atoms with E-state index in [2.05, 4.69) is 6.07 Å². The fraction of sp³-hybridized carbons (Fsp3) is 0.300. The molecule has 0 aromatic heterocycles. The van der Waals surface area contributed by atoms with Crippen molar-refractivity contribution >= 4 is 11.6 Å². The molecule has 2 aromatic rings. The maximum Gasteiger partial charge on any atom is 0.228 e. The number of para-hydroxylation sites is 1. The predicted octanol–water partition coefficient (Wildman–Crippen LogP) is 4.02. The molecule has 0 spiro atoms.